The molecular weight excluding hydrogens is 679 g/mol. The van der Waals surface area contributed by atoms with Crippen LogP contribution in [0.1, 0.15) is 84.6 Å². The summed E-state index contributed by atoms with van der Waals surface area (Å²) in [6.07, 6.45) is 9.81. The van der Waals surface area contributed by atoms with Gasteiger partial charge in [0.2, 0.25) is 0 Å². The average molecular weight is 728 g/mol. The molecule has 0 aliphatic heterocycles. The topological polar surface area (TPSA) is 108 Å². The van der Waals surface area contributed by atoms with Crippen molar-refractivity contribution in [3.8, 4) is 11.5 Å². The number of carbonyl (C=O) groups is 2. The average Bonchev–Trinajstić information content (AvgIpc) is 3.21. The van der Waals surface area contributed by atoms with Gasteiger partial charge in [-0.25, -0.2) is 9.59 Å². The number of carbonyl (C=O) groups excluding carboxylic acids is 2. The minimum Gasteiger partial charge on any atom is -0.502 e. The lowest BCUT2D eigenvalue weighted by Gasteiger charge is -2.12. The first kappa shape index (κ1) is 39.3. The predicted octanol–water partition coefficient (Wildman–Crippen LogP) is 11.9. The molecule has 0 radical (unpaired) electrons. The molecule has 0 atom stereocenters. The van der Waals surface area contributed by atoms with E-state index in [1.165, 1.54) is 6.26 Å². The highest BCUT2D eigenvalue weighted by atomic mass is 16.5. The van der Waals surface area contributed by atoms with Crippen molar-refractivity contribution < 1.29 is 28.5 Å². The summed E-state index contributed by atoms with van der Waals surface area (Å²) in [6.45, 7) is 8.02. The Morgan fingerprint density at radius 2 is 1.30 bits per heavy atom. The van der Waals surface area contributed by atoms with E-state index in [1.54, 1.807) is 60.7 Å². The second-order valence-corrected chi connectivity index (χ2v) is 12.8. The van der Waals surface area contributed by atoms with Crippen LogP contribution in [0.5, 0.6) is 11.5 Å². The molecule has 9 nitrogen and oxygen atoms in total. The quantitative estimate of drug-likeness (QED) is 0.0248. The SMILES string of the molecule is C=COCCCCCCOc1ccc(C(=O)Oc2ccc(CNc3ccc(N=Nc4ccc(C(=O)OCCCCCC)cc4)c4ccccc34)cc2)cc1. The van der Waals surface area contributed by atoms with Crippen molar-refractivity contribution >= 4 is 39.8 Å². The van der Waals surface area contributed by atoms with Crippen LogP contribution in [0.2, 0.25) is 0 Å². The Morgan fingerprint density at radius 1 is 0.648 bits per heavy atom. The number of nitrogens with one attached hydrogen (secondary N) is 1. The Labute approximate surface area is 318 Å². The van der Waals surface area contributed by atoms with Crippen LogP contribution in [0.4, 0.5) is 17.1 Å². The summed E-state index contributed by atoms with van der Waals surface area (Å²) in [7, 11) is 0. The minimum atomic E-state index is -0.428. The van der Waals surface area contributed by atoms with Gasteiger partial charge in [-0.15, -0.1) is 5.11 Å². The van der Waals surface area contributed by atoms with Crippen molar-refractivity contribution in [2.75, 3.05) is 25.1 Å². The van der Waals surface area contributed by atoms with Crippen LogP contribution in [-0.4, -0.2) is 31.8 Å². The highest BCUT2D eigenvalue weighted by Crippen LogP contribution is 2.33. The van der Waals surface area contributed by atoms with E-state index in [0.29, 0.717) is 48.9 Å². The van der Waals surface area contributed by atoms with E-state index in [0.717, 1.165) is 84.8 Å². The van der Waals surface area contributed by atoms with E-state index in [2.05, 4.69) is 29.0 Å². The Kier molecular flexibility index (Phi) is 15.7. The molecule has 0 aliphatic carbocycles. The van der Waals surface area contributed by atoms with Gasteiger partial charge in [-0.3, -0.25) is 0 Å². The molecule has 0 fully saturated rings. The fraction of sp³-hybridized carbons (Fsp3) is 0.289. The molecule has 5 aromatic carbocycles. The van der Waals surface area contributed by atoms with Gasteiger partial charge in [0.1, 0.15) is 11.5 Å². The highest BCUT2D eigenvalue weighted by Gasteiger charge is 2.11. The molecule has 5 rings (SSSR count). The maximum atomic E-state index is 12.8. The van der Waals surface area contributed by atoms with Crippen LogP contribution in [0.25, 0.3) is 10.8 Å². The van der Waals surface area contributed by atoms with E-state index in [4.69, 9.17) is 18.9 Å². The number of hydrogen-bond acceptors (Lipinski definition) is 9. The molecule has 0 spiro atoms. The van der Waals surface area contributed by atoms with E-state index >= 15 is 0 Å². The molecule has 0 saturated heterocycles. The van der Waals surface area contributed by atoms with E-state index < -0.39 is 5.97 Å². The van der Waals surface area contributed by atoms with E-state index in [1.807, 2.05) is 48.5 Å². The predicted molar refractivity (Wildman–Crippen MR) is 214 cm³/mol. The van der Waals surface area contributed by atoms with Crippen molar-refractivity contribution in [2.45, 2.75) is 64.8 Å². The number of azo groups is 1. The zero-order valence-corrected chi connectivity index (χ0v) is 31.0. The summed E-state index contributed by atoms with van der Waals surface area (Å²) in [5, 5.41) is 14.5. The lowest BCUT2D eigenvalue weighted by atomic mass is 10.1. The number of benzene rings is 5. The van der Waals surface area contributed by atoms with Gasteiger partial charge in [-0.05, 0) is 110 Å². The van der Waals surface area contributed by atoms with Gasteiger partial charge in [0.05, 0.1) is 48.6 Å². The maximum Gasteiger partial charge on any atom is 0.343 e. The normalized spacial score (nSPS) is 11.0. The van der Waals surface area contributed by atoms with Crippen molar-refractivity contribution in [3.63, 3.8) is 0 Å². The third-order valence-electron chi connectivity index (χ3n) is 8.76. The molecule has 0 bridgehead atoms. The number of ether oxygens (including phenoxy) is 4. The molecule has 54 heavy (non-hydrogen) atoms. The van der Waals surface area contributed by atoms with Crippen LogP contribution in [0.15, 0.2) is 132 Å². The molecule has 0 aromatic heterocycles. The fourth-order valence-corrected chi connectivity index (χ4v) is 5.72. The molecule has 9 heteroatoms. The first-order valence-electron chi connectivity index (χ1n) is 18.7. The summed E-state index contributed by atoms with van der Waals surface area (Å²) in [5.74, 6) is 0.440. The van der Waals surface area contributed by atoms with Crippen molar-refractivity contribution in [1.82, 2.24) is 0 Å². The van der Waals surface area contributed by atoms with Crippen molar-refractivity contribution in [3.05, 3.63) is 139 Å². The third-order valence-corrected chi connectivity index (χ3v) is 8.76. The van der Waals surface area contributed by atoms with Crippen LogP contribution in [0, 0.1) is 0 Å². The Hall–Kier alpha value is -5.96. The molecule has 0 amide bonds. The van der Waals surface area contributed by atoms with Gasteiger partial charge >= 0.3 is 11.9 Å². The smallest absolute Gasteiger partial charge is 0.343 e. The molecule has 5 aromatic rings. The number of nitrogens with zero attached hydrogens (tertiary/aromatic N) is 2. The summed E-state index contributed by atoms with van der Waals surface area (Å²) in [4.78, 5) is 25.1. The van der Waals surface area contributed by atoms with Gasteiger partial charge in [0, 0.05) is 23.0 Å². The zero-order valence-electron chi connectivity index (χ0n) is 31.0. The summed E-state index contributed by atoms with van der Waals surface area (Å²) in [5.41, 5.74) is 4.31. The van der Waals surface area contributed by atoms with Crippen LogP contribution in [-0.2, 0) is 16.0 Å². The number of unbranched alkanes of at least 4 members (excludes halogenated alkanes) is 6. The monoisotopic (exact) mass is 727 g/mol. The van der Waals surface area contributed by atoms with Gasteiger partial charge in [-0.1, -0.05) is 69.2 Å². The molecule has 1 N–H and O–H groups in total. The second kappa shape index (κ2) is 21.5. The van der Waals surface area contributed by atoms with Gasteiger partial charge in [-0.2, -0.15) is 5.11 Å². The van der Waals surface area contributed by atoms with E-state index in [-0.39, 0.29) is 5.97 Å². The number of anilines is 1. The van der Waals surface area contributed by atoms with Crippen LogP contribution in [0.3, 0.4) is 0 Å². The van der Waals surface area contributed by atoms with Gasteiger partial charge < -0.3 is 24.3 Å². The molecule has 0 heterocycles. The Bertz CT molecular complexity index is 1960. The standard InChI is InChI=1S/C45H49N3O6/c1-3-5-6-12-32-53-44(49)35-18-22-37(23-19-35)47-48-43-29-28-42(40-14-9-10-15-41(40)43)46-33-34-16-24-39(25-17-34)54-45(50)36-20-26-38(27-21-36)52-31-13-8-7-11-30-51-4-2/h4,9-10,14-29,46H,2-3,5-8,11-13,30-33H2,1H3. The van der Waals surface area contributed by atoms with Crippen LogP contribution >= 0.6 is 0 Å². The molecule has 0 saturated carbocycles. The van der Waals surface area contributed by atoms with Crippen LogP contribution < -0.4 is 14.8 Å². The number of hydrogen-bond donors (Lipinski definition) is 1. The first-order valence-corrected chi connectivity index (χ1v) is 18.7. The summed E-state index contributed by atoms with van der Waals surface area (Å²) in [6, 6.07) is 33.4. The number of esters is 2. The lowest BCUT2D eigenvalue weighted by Crippen LogP contribution is -2.08. The molecule has 0 unspecified atom stereocenters. The van der Waals surface area contributed by atoms with Crippen molar-refractivity contribution in [1.29, 1.82) is 0 Å². The zero-order chi connectivity index (χ0) is 37.8. The van der Waals surface area contributed by atoms with Crippen molar-refractivity contribution in [2.24, 2.45) is 10.2 Å². The largest absolute Gasteiger partial charge is 0.502 e. The Balaban J connectivity index is 1.09. The fourth-order valence-electron chi connectivity index (χ4n) is 5.72. The second-order valence-electron chi connectivity index (χ2n) is 12.8. The Morgan fingerprint density at radius 3 is 2.04 bits per heavy atom. The maximum absolute atomic E-state index is 12.8. The van der Waals surface area contributed by atoms with E-state index in [9.17, 15) is 9.59 Å². The summed E-state index contributed by atoms with van der Waals surface area (Å²) < 4.78 is 22.0. The summed E-state index contributed by atoms with van der Waals surface area (Å²) >= 11 is 0. The molecule has 280 valence electrons. The number of fused-ring (bicyclic) bond motifs is 1. The van der Waals surface area contributed by atoms with Gasteiger partial charge in [0.15, 0.2) is 0 Å². The molecular formula is C45H49N3O6. The third kappa shape index (κ3) is 12.3. The van der Waals surface area contributed by atoms with Gasteiger partial charge in [0.25, 0.3) is 0 Å². The first-order chi connectivity index (χ1) is 26.5. The highest BCUT2D eigenvalue weighted by molar-refractivity contribution is 6.00. The lowest BCUT2D eigenvalue weighted by molar-refractivity contribution is 0.0497. The molecule has 0 aliphatic rings. The number of rotatable bonds is 22. The minimum absolute atomic E-state index is 0.323.